The maximum absolute atomic E-state index is 11.5. The maximum atomic E-state index is 11.5. The van der Waals surface area contributed by atoms with Gasteiger partial charge in [-0.15, -0.1) is 10.2 Å². The fourth-order valence-corrected chi connectivity index (χ4v) is 2.85. The monoisotopic (exact) mass is 282 g/mol. The number of anilines is 1. The number of carbonyl (C=O) groups excluding carboxylic acids is 1. The lowest BCUT2D eigenvalue weighted by Crippen LogP contribution is -2.30. The lowest BCUT2D eigenvalue weighted by atomic mass is 10.2. The minimum Gasteiger partial charge on any atom is -0.374 e. The first-order valence-corrected chi connectivity index (χ1v) is 6.67. The number of rotatable bonds is 4. The Labute approximate surface area is 111 Å². The number of thioether (sulfide) groups is 1. The molecule has 0 aliphatic carbocycles. The Morgan fingerprint density at radius 1 is 1.50 bits per heavy atom. The molecule has 2 heterocycles. The van der Waals surface area contributed by atoms with Crippen LogP contribution in [0.2, 0.25) is 0 Å². The summed E-state index contributed by atoms with van der Waals surface area (Å²) in [6.07, 6.45) is 1.62. The average molecular weight is 282 g/mol. The van der Waals surface area contributed by atoms with Gasteiger partial charge in [-0.2, -0.15) is 0 Å². The predicted molar refractivity (Wildman–Crippen MR) is 69.8 cm³/mol. The van der Waals surface area contributed by atoms with Crippen molar-refractivity contribution >= 4 is 34.1 Å². The van der Waals surface area contributed by atoms with Crippen LogP contribution in [0.25, 0.3) is 0 Å². The van der Waals surface area contributed by atoms with Crippen LogP contribution >= 0.6 is 23.1 Å². The normalized spacial score (nSPS) is 10.3. The molecule has 0 aliphatic heterocycles. The van der Waals surface area contributed by atoms with Gasteiger partial charge in [-0.05, 0) is 12.1 Å². The summed E-state index contributed by atoms with van der Waals surface area (Å²) in [6, 6.07) is 3.35. The van der Waals surface area contributed by atoms with Crippen molar-refractivity contribution in [2.45, 2.75) is 10.1 Å². The maximum Gasteiger partial charge on any atom is 0.267 e. The Bertz CT molecular complexity index is 557. The summed E-state index contributed by atoms with van der Waals surface area (Å²) in [7, 11) is 0. The second-order valence-electron chi connectivity index (χ2n) is 3.17. The summed E-state index contributed by atoms with van der Waals surface area (Å²) < 4.78 is 0.734. The summed E-state index contributed by atoms with van der Waals surface area (Å²) in [5.74, 6) is 5.25. The highest BCUT2D eigenvalue weighted by atomic mass is 32.2. The van der Waals surface area contributed by atoms with Crippen molar-refractivity contribution in [2.24, 2.45) is 5.84 Å². The van der Waals surface area contributed by atoms with Crippen molar-refractivity contribution in [3.05, 3.63) is 29.6 Å². The number of aromatic nitrogens is 3. The minimum absolute atomic E-state index is 0.365. The van der Waals surface area contributed by atoms with Crippen molar-refractivity contribution in [3.8, 4) is 0 Å². The van der Waals surface area contributed by atoms with E-state index >= 15 is 0 Å². The molecular formula is C9H10N6OS2. The van der Waals surface area contributed by atoms with Gasteiger partial charge in [0.25, 0.3) is 5.91 Å². The zero-order chi connectivity index (χ0) is 13.0. The number of nitrogen functional groups attached to an aromatic ring is 2. The molecule has 1 amide bonds. The Balaban J connectivity index is 2.11. The second-order valence-corrected chi connectivity index (χ2v) is 5.40. The van der Waals surface area contributed by atoms with Gasteiger partial charge in [0, 0.05) is 11.9 Å². The third-order valence-corrected chi connectivity index (χ3v) is 3.92. The first-order chi connectivity index (χ1) is 8.70. The van der Waals surface area contributed by atoms with Crippen LogP contribution in [0.4, 0.5) is 5.13 Å². The van der Waals surface area contributed by atoms with Crippen LogP contribution in [0.1, 0.15) is 16.1 Å². The first-order valence-electron chi connectivity index (χ1n) is 4.87. The summed E-state index contributed by atoms with van der Waals surface area (Å²) in [5.41, 5.74) is 8.66. The van der Waals surface area contributed by atoms with E-state index in [1.807, 2.05) is 0 Å². The molecule has 0 fully saturated rings. The molecule has 94 valence electrons. The van der Waals surface area contributed by atoms with E-state index in [1.54, 1.807) is 18.3 Å². The highest BCUT2D eigenvalue weighted by Gasteiger charge is 2.12. The molecule has 2 aromatic heterocycles. The lowest BCUT2D eigenvalue weighted by molar-refractivity contribution is 0.0952. The molecular weight excluding hydrogens is 272 g/mol. The fourth-order valence-electron chi connectivity index (χ4n) is 1.25. The number of amides is 1. The number of hydrazine groups is 1. The van der Waals surface area contributed by atoms with E-state index in [4.69, 9.17) is 11.6 Å². The molecule has 0 saturated carbocycles. The molecule has 0 radical (unpaired) electrons. The number of hydrogen-bond donors (Lipinski definition) is 3. The van der Waals surface area contributed by atoms with Gasteiger partial charge in [-0.25, -0.2) is 5.84 Å². The van der Waals surface area contributed by atoms with Gasteiger partial charge in [-0.3, -0.25) is 15.2 Å². The number of nitrogens with two attached hydrogens (primary N) is 2. The van der Waals surface area contributed by atoms with Gasteiger partial charge >= 0.3 is 0 Å². The third-order valence-electron chi connectivity index (χ3n) is 2.02. The fraction of sp³-hybridized carbons (Fsp3) is 0.111. The molecule has 2 aromatic rings. The largest absolute Gasteiger partial charge is 0.374 e. The van der Waals surface area contributed by atoms with Crippen molar-refractivity contribution in [1.29, 1.82) is 0 Å². The van der Waals surface area contributed by atoms with Crippen LogP contribution in [0.15, 0.2) is 22.7 Å². The number of carbonyl (C=O) groups is 1. The molecule has 0 bridgehead atoms. The van der Waals surface area contributed by atoms with Gasteiger partial charge in [0.05, 0.1) is 11.3 Å². The van der Waals surface area contributed by atoms with Crippen molar-refractivity contribution in [3.63, 3.8) is 0 Å². The standard InChI is InChI=1S/C9H10N6OS2/c10-8-14-15-9(18-8)17-4-6-5(7(16)13-11)2-1-3-12-6/h1-3H,4,11H2,(H2,10,14)(H,13,16). The number of nitrogens with one attached hydrogen (secondary N) is 1. The number of pyridine rings is 1. The second kappa shape index (κ2) is 5.76. The van der Waals surface area contributed by atoms with E-state index in [2.05, 4.69) is 20.6 Å². The van der Waals surface area contributed by atoms with Crippen molar-refractivity contribution in [2.75, 3.05) is 5.73 Å². The van der Waals surface area contributed by atoms with E-state index in [0.29, 0.717) is 22.1 Å². The Morgan fingerprint density at radius 2 is 2.33 bits per heavy atom. The summed E-state index contributed by atoms with van der Waals surface area (Å²) in [6.45, 7) is 0. The van der Waals surface area contributed by atoms with E-state index < -0.39 is 0 Å². The quantitative estimate of drug-likeness (QED) is 0.321. The Morgan fingerprint density at radius 3 is 3.00 bits per heavy atom. The van der Waals surface area contributed by atoms with Crippen LogP contribution in [0.3, 0.4) is 0 Å². The van der Waals surface area contributed by atoms with Crippen LogP contribution in [0.5, 0.6) is 0 Å². The first kappa shape index (κ1) is 12.7. The summed E-state index contributed by atoms with van der Waals surface area (Å²) >= 11 is 2.71. The smallest absolute Gasteiger partial charge is 0.267 e. The molecule has 7 nitrogen and oxygen atoms in total. The van der Waals surface area contributed by atoms with Crippen LogP contribution in [0, 0.1) is 0 Å². The van der Waals surface area contributed by atoms with Crippen molar-refractivity contribution < 1.29 is 4.79 Å². The zero-order valence-electron chi connectivity index (χ0n) is 9.16. The van der Waals surface area contributed by atoms with E-state index in [0.717, 1.165) is 4.34 Å². The van der Waals surface area contributed by atoms with Crippen LogP contribution in [-0.2, 0) is 5.75 Å². The zero-order valence-corrected chi connectivity index (χ0v) is 10.8. The number of hydrogen-bond acceptors (Lipinski definition) is 8. The van der Waals surface area contributed by atoms with Crippen LogP contribution < -0.4 is 17.0 Å². The SMILES string of the molecule is NNC(=O)c1cccnc1CSc1nnc(N)s1. The molecule has 0 unspecified atom stereocenters. The van der Waals surface area contributed by atoms with E-state index in [-0.39, 0.29) is 5.91 Å². The third kappa shape index (κ3) is 2.94. The van der Waals surface area contributed by atoms with E-state index in [1.165, 1.54) is 23.1 Å². The highest BCUT2D eigenvalue weighted by Crippen LogP contribution is 2.27. The minimum atomic E-state index is -0.365. The molecule has 0 atom stereocenters. The molecule has 5 N–H and O–H groups in total. The Hall–Kier alpha value is -1.71. The topological polar surface area (TPSA) is 120 Å². The predicted octanol–water partition coefficient (Wildman–Crippen LogP) is 0.411. The molecule has 2 rings (SSSR count). The molecule has 0 aliphatic rings. The van der Waals surface area contributed by atoms with Gasteiger partial charge in [-0.1, -0.05) is 23.1 Å². The molecule has 18 heavy (non-hydrogen) atoms. The van der Waals surface area contributed by atoms with Gasteiger partial charge in [0.1, 0.15) is 0 Å². The molecule has 0 spiro atoms. The highest BCUT2D eigenvalue weighted by molar-refractivity contribution is 8.00. The van der Waals surface area contributed by atoms with Crippen LogP contribution in [-0.4, -0.2) is 21.1 Å². The number of nitrogens with zero attached hydrogens (tertiary/aromatic N) is 3. The lowest BCUT2D eigenvalue weighted by Gasteiger charge is -2.05. The molecule has 0 aromatic carbocycles. The molecule has 9 heteroatoms. The summed E-state index contributed by atoms with van der Waals surface area (Å²) in [5, 5.41) is 8.00. The summed E-state index contributed by atoms with van der Waals surface area (Å²) in [4.78, 5) is 15.7. The van der Waals surface area contributed by atoms with Crippen molar-refractivity contribution in [1.82, 2.24) is 20.6 Å². The van der Waals surface area contributed by atoms with Gasteiger partial charge in [0.2, 0.25) is 5.13 Å². The molecule has 0 saturated heterocycles. The van der Waals surface area contributed by atoms with E-state index in [9.17, 15) is 4.79 Å². The average Bonchev–Trinajstić information content (AvgIpc) is 2.81. The van der Waals surface area contributed by atoms with Gasteiger partial charge in [0.15, 0.2) is 4.34 Å². The van der Waals surface area contributed by atoms with Gasteiger partial charge < -0.3 is 5.73 Å². The Kier molecular flexibility index (Phi) is 4.07.